The summed E-state index contributed by atoms with van der Waals surface area (Å²) >= 11 is 0. The molecule has 4 rings (SSSR count). The SMILES string of the molecule is Cc1ccc(C(=O)c2ccc(C)c(C)c2)cc1C.Cc1ccc(Oc2ccc(C)c(C)c2)cc1C. The van der Waals surface area contributed by atoms with Crippen molar-refractivity contribution in [2.75, 3.05) is 0 Å². The van der Waals surface area contributed by atoms with E-state index in [-0.39, 0.29) is 5.78 Å². The summed E-state index contributed by atoms with van der Waals surface area (Å²) in [6, 6.07) is 24.1. The predicted octanol–water partition coefficient (Wildman–Crippen LogP) is 8.86. The van der Waals surface area contributed by atoms with Gasteiger partial charge in [0, 0.05) is 11.1 Å². The summed E-state index contributed by atoms with van der Waals surface area (Å²) in [6.07, 6.45) is 0. The molecule has 0 saturated carbocycles. The van der Waals surface area contributed by atoms with Crippen LogP contribution in [0, 0.1) is 55.4 Å². The van der Waals surface area contributed by atoms with Gasteiger partial charge >= 0.3 is 0 Å². The summed E-state index contributed by atoms with van der Waals surface area (Å²) in [7, 11) is 0. The van der Waals surface area contributed by atoms with Crippen molar-refractivity contribution in [3.05, 3.63) is 128 Å². The van der Waals surface area contributed by atoms with Crippen molar-refractivity contribution in [3.8, 4) is 11.5 Å². The summed E-state index contributed by atoms with van der Waals surface area (Å²) in [5.74, 6) is 1.90. The average Bonchev–Trinajstić information content (AvgIpc) is 2.82. The van der Waals surface area contributed by atoms with Gasteiger partial charge in [0.2, 0.25) is 0 Å². The lowest BCUT2D eigenvalue weighted by Crippen LogP contribution is -2.03. The molecule has 2 heteroatoms. The molecule has 35 heavy (non-hydrogen) atoms. The molecule has 0 aliphatic carbocycles. The molecule has 0 atom stereocenters. The minimum Gasteiger partial charge on any atom is -0.457 e. The zero-order chi connectivity index (χ0) is 25.7. The Kier molecular flexibility index (Phi) is 8.30. The molecule has 0 aliphatic rings. The Hall–Kier alpha value is -3.65. The van der Waals surface area contributed by atoms with Gasteiger partial charge in [-0.25, -0.2) is 0 Å². The molecule has 0 heterocycles. The molecule has 0 aliphatic heterocycles. The highest BCUT2D eigenvalue weighted by Crippen LogP contribution is 2.25. The summed E-state index contributed by atoms with van der Waals surface area (Å²) in [4.78, 5) is 12.4. The third kappa shape index (κ3) is 6.70. The predicted molar refractivity (Wildman–Crippen MR) is 147 cm³/mol. The lowest BCUT2D eigenvalue weighted by Gasteiger charge is -2.09. The highest BCUT2D eigenvalue weighted by atomic mass is 16.5. The Morgan fingerprint density at radius 3 is 1.06 bits per heavy atom. The Morgan fingerprint density at radius 2 is 0.743 bits per heavy atom. The van der Waals surface area contributed by atoms with Crippen LogP contribution < -0.4 is 4.74 Å². The second-order valence-electron chi connectivity index (χ2n) is 9.52. The van der Waals surface area contributed by atoms with Gasteiger partial charge in [0.25, 0.3) is 0 Å². The van der Waals surface area contributed by atoms with E-state index in [1.807, 2.05) is 62.4 Å². The van der Waals surface area contributed by atoms with E-state index in [0.717, 1.165) is 33.8 Å². The van der Waals surface area contributed by atoms with E-state index in [9.17, 15) is 4.79 Å². The number of benzene rings is 4. The van der Waals surface area contributed by atoms with E-state index in [1.165, 1.54) is 33.4 Å². The molecule has 0 spiro atoms. The maximum Gasteiger partial charge on any atom is 0.193 e. The lowest BCUT2D eigenvalue weighted by atomic mass is 9.97. The number of hydrogen-bond acceptors (Lipinski definition) is 2. The summed E-state index contributed by atoms with van der Waals surface area (Å²) in [5, 5.41) is 0. The highest BCUT2D eigenvalue weighted by molar-refractivity contribution is 6.09. The van der Waals surface area contributed by atoms with Crippen LogP contribution in [0.25, 0.3) is 0 Å². The third-order valence-electron chi connectivity index (χ3n) is 6.73. The fourth-order valence-corrected chi connectivity index (χ4v) is 3.62. The maximum absolute atomic E-state index is 12.4. The normalized spacial score (nSPS) is 10.4. The third-order valence-corrected chi connectivity index (χ3v) is 6.73. The van der Waals surface area contributed by atoms with Gasteiger partial charge in [-0.05, 0) is 136 Å². The van der Waals surface area contributed by atoms with E-state index in [2.05, 4.69) is 65.8 Å². The van der Waals surface area contributed by atoms with Crippen molar-refractivity contribution in [1.82, 2.24) is 0 Å². The maximum atomic E-state index is 12.4. The van der Waals surface area contributed by atoms with Gasteiger partial charge in [-0.3, -0.25) is 4.79 Å². The van der Waals surface area contributed by atoms with Crippen LogP contribution >= 0.6 is 0 Å². The molecule has 0 bridgehead atoms. The van der Waals surface area contributed by atoms with Crippen molar-refractivity contribution < 1.29 is 9.53 Å². The van der Waals surface area contributed by atoms with Crippen molar-refractivity contribution in [1.29, 1.82) is 0 Å². The van der Waals surface area contributed by atoms with Crippen molar-refractivity contribution in [2.24, 2.45) is 0 Å². The fourth-order valence-electron chi connectivity index (χ4n) is 3.62. The largest absolute Gasteiger partial charge is 0.457 e. The first kappa shape index (κ1) is 26.0. The fraction of sp³-hybridized carbons (Fsp3) is 0.242. The number of aryl methyl sites for hydroxylation is 8. The standard InChI is InChI=1S/C17H18O.C16H18O/c1-11-5-7-15(9-13(11)3)17(18)16-8-6-12(2)14(4)10-16;1-11-5-7-15(9-13(11)3)17-16-8-6-12(2)14(4)10-16/h5-10H,1-4H3;5-10H,1-4H3. The van der Waals surface area contributed by atoms with E-state index in [1.54, 1.807) is 0 Å². The summed E-state index contributed by atoms with van der Waals surface area (Å²) < 4.78 is 5.85. The Balaban J connectivity index is 0.000000196. The van der Waals surface area contributed by atoms with Crippen LogP contribution in [0.2, 0.25) is 0 Å². The molecule has 0 amide bonds. The van der Waals surface area contributed by atoms with Crippen LogP contribution in [0.4, 0.5) is 0 Å². The minimum atomic E-state index is 0.0983. The first-order valence-corrected chi connectivity index (χ1v) is 12.1. The molecule has 0 unspecified atom stereocenters. The van der Waals surface area contributed by atoms with Crippen LogP contribution in [0.5, 0.6) is 11.5 Å². The van der Waals surface area contributed by atoms with Crippen molar-refractivity contribution in [2.45, 2.75) is 55.4 Å². The molecular formula is C33H36O2. The van der Waals surface area contributed by atoms with Gasteiger partial charge in [0.05, 0.1) is 0 Å². The average molecular weight is 465 g/mol. The van der Waals surface area contributed by atoms with Crippen molar-refractivity contribution >= 4 is 5.78 Å². The number of carbonyl (C=O) groups excluding carboxylic acids is 1. The van der Waals surface area contributed by atoms with E-state index < -0.39 is 0 Å². The Labute approximate surface area is 210 Å². The Morgan fingerprint density at radius 1 is 0.429 bits per heavy atom. The molecular weight excluding hydrogens is 428 g/mol. The lowest BCUT2D eigenvalue weighted by molar-refractivity contribution is 0.103. The number of carbonyl (C=O) groups is 1. The van der Waals surface area contributed by atoms with Crippen LogP contribution in [0.15, 0.2) is 72.8 Å². The Bertz CT molecular complexity index is 1260. The first-order chi connectivity index (χ1) is 16.5. The number of ketones is 1. The smallest absolute Gasteiger partial charge is 0.193 e. The zero-order valence-electron chi connectivity index (χ0n) is 22.2. The number of rotatable bonds is 4. The second kappa shape index (κ2) is 11.2. The van der Waals surface area contributed by atoms with Crippen LogP contribution in [0.3, 0.4) is 0 Å². The molecule has 0 fully saturated rings. The summed E-state index contributed by atoms with van der Waals surface area (Å²) in [5.41, 5.74) is 11.4. The molecule has 4 aromatic carbocycles. The van der Waals surface area contributed by atoms with Gasteiger partial charge in [-0.2, -0.15) is 0 Å². The molecule has 4 aromatic rings. The molecule has 0 N–H and O–H groups in total. The van der Waals surface area contributed by atoms with Gasteiger partial charge < -0.3 is 4.74 Å². The van der Waals surface area contributed by atoms with E-state index in [4.69, 9.17) is 4.74 Å². The van der Waals surface area contributed by atoms with Crippen LogP contribution in [-0.2, 0) is 0 Å². The van der Waals surface area contributed by atoms with Gasteiger partial charge in [-0.15, -0.1) is 0 Å². The van der Waals surface area contributed by atoms with Gasteiger partial charge in [0.15, 0.2) is 5.78 Å². The van der Waals surface area contributed by atoms with Gasteiger partial charge in [-0.1, -0.05) is 36.4 Å². The highest BCUT2D eigenvalue weighted by Gasteiger charge is 2.10. The van der Waals surface area contributed by atoms with Crippen LogP contribution in [-0.4, -0.2) is 5.78 Å². The molecule has 0 radical (unpaired) electrons. The zero-order valence-corrected chi connectivity index (χ0v) is 22.2. The molecule has 2 nitrogen and oxygen atoms in total. The second-order valence-corrected chi connectivity index (χ2v) is 9.52. The summed E-state index contributed by atoms with van der Waals surface area (Å²) in [6.45, 7) is 16.6. The molecule has 0 aromatic heterocycles. The minimum absolute atomic E-state index is 0.0983. The van der Waals surface area contributed by atoms with E-state index >= 15 is 0 Å². The van der Waals surface area contributed by atoms with E-state index in [0.29, 0.717) is 0 Å². The number of hydrogen-bond donors (Lipinski definition) is 0. The quantitative estimate of drug-likeness (QED) is 0.282. The van der Waals surface area contributed by atoms with Gasteiger partial charge in [0.1, 0.15) is 11.5 Å². The molecule has 0 saturated heterocycles. The topological polar surface area (TPSA) is 26.3 Å². The molecule has 180 valence electrons. The monoisotopic (exact) mass is 464 g/mol. The van der Waals surface area contributed by atoms with Crippen molar-refractivity contribution in [3.63, 3.8) is 0 Å². The van der Waals surface area contributed by atoms with Crippen LogP contribution in [0.1, 0.15) is 60.4 Å². The number of ether oxygens (including phenoxy) is 1. The first-order valence-electron chi connectivity index (χ1n) is 12.1.